The zero-order valence-corrected chi connectivity index (χ0v) is 17.4. The molecule has 6 heteroatoms. The molecule has 2 aromatic carbocycles. The molecule has 1 N–H and O–H groups in total. The maximum atomic E-state index is 12.6. The summed E-state index contributed by atoms with van der Waals surface area (Å²) >= 11 is 0. The van der Waals surface area contributed by atoms with Crippen LogP contribution in [0, 0.1) is 5.92 Å². The lowest BCUT2D eigenvalue weighted by molar-refractivity contribution is -0.141. The molecule has 1 aliphatic rings. The van der Waals surface area contributed by atoms with Gasteiger partial charge >= 0.3 is 5.97 Å². The Hall–Kier alpha value is -3.02. The summed E-state index contributed by atoms with van der Waals surface area (Å²) in [5.41, 5.74) is 1.28. The average molecular weight is 412 g/mol. The van der Waals surface area contributed by atoms with Crippen LogP contribution in [0.2, 0.25) is 0 Å². The van der Waals surface area contributed by atoms with Crippen molar-refractivity contribution in [2.75, 3.05) is 14.2 Å². The second-order valence-corrected chi connectivity index (χ2v) is 7.60. The molecule has 0 aliphatic heterocycles. The van der Waals surface area contributed by atoms with E-state index >= 15 is 0 Å². The van der Waals surface area contributed by atoms with Crippen LogP contribution in [0.1, 0.15) is 48.0 Å². The fourth-order valence-electron chi connectivity index (χ4n) is 3.78. The minimum absolute atomic E-state index is 0.0769. The Morgan fingerprint density at radius 2 is 1.70 bits per heavy atom. The van der Waals surface area contributed by atoms with Gasteiger partial charge in [0.2, 0.25) is 0 Å². The molecule has 160 valence electrons. The summed E-state index contributed by atoms with van der Waals surface area (Å²) in [4.78, 5) is 24.4. The predicted molar refractivity (Wildman–Crippen MR) is 113 cm³/mol. The molecule has 0 saturated heterocycles. The number of methoxy groups -OCH3 is 2. The van der Waals surface area contributed by atoms with Crippen molar-refractivity contribution < 1.29 is 28.9 Å². The summed E-state index contributed by atoms with van der Waals surface area (Å²) in [6, 6.07) is 12.2. The number of ether oxygens (including phenoxy) is 3. The average Bonchev–Trinajstić information content (AvgIpc) is 3.26. The van der Waals surface area contributed by atoms with Gasteiger partial charge in [-0.2, -0.15) is 0 Å². The smallest absolute Gasteiger partial charge is 0.307 e. The molecule has 0 aromatic heterocycles. The van der Waals surface area contributed by atoms with Crippen LogP contribution < -0.4 is 14.2 Å². The summed E-state index contributed by atoms with van der Waals surface area (Å²) in [5, 5.41) is 9.68. The number of hydrogen-bond acceptors (Lipinski definition) is 5. The molecule has 1 unspecified atom stereocenters. The largest absolute Gasteiger partial charge is 0.497 e. The summed E-state index contributed by atoms with van der Waals surface area (Å²) in [6.07, 6.45) is 4.67. The molecule has 0 heterocycles. The zero-order valence-electron chi connectivity index (χ0n) is 17.4. The molecule has 0 amide bonds. The third kappa shape index (κ3) is 5.53. The topological polar surface area (TPSA) is 82.1 Å². The Balaban J connectivity index is 1.72. The van der Waals surface area contributed by atoms with Crippen LogP contribution in [0.5, 0.6) is 17.2 Å². The highest BCUT2D eigenvalue weighted by Gasteiger charge is 2.24. The standard InChI is InChI=1S/C24H28O6/c1-28-19-10-8-17(9-11-19)21(25)15-18(24(26)27)13-16-7-12-22(29-2)23(14-16)30-20-5-3-4-6-20/h7-12,14,18,20H,3-6,13,15H2,1-2H3,(H,26,27). The molecule has 6 nitrogen and oxygen atoms in total. The number of carbonyl (C=O) groups is 2. The molecule has 0 spiro atoms. The highest BCUT2D eigenvalue weighted by Crippen LogP contribution is 2.33. The lowest BCUT2D eigenvalue weighted by atomic mass is 9.92. The van der Waals surface area contributed by atoms with Crippen LogP contribution in [0.3, 0.4) is 0 Å². The highest BCUT2D eigenvalue weighted by molar-refractivity contribution is 5.98. The molecule has 1 fully saturated rings. The van der Waals surface area contributed by atoms with E-state index in [1.54, 1.807) is 44.6 Å². The molecule has 1 saturated carbocycles. The van der Waals surface area contributed by atoms with Crippen LogP contribution in [-0.4, -0.2) is 37.2 Å². The van der Waals surface area contributed by atoms with Gasteiger partial charge in [0.1, 0.15) is 5.75 Å². The molecular formula is C24H28O6. The lowest BCUT2D eigenvalue weighted by Crippen LogP contribution is -2.20. The maximum Gasteiger partial charge on any atom is 0.307 e. The summed E-state index contributed by atoms with van der Waals surface area (Å²) in [5.74, 6) is -0.118. The first-order valence-corrected chi connectivity index (χ1v) is 10.2. The second kappa shape index (κ2) is 10.1. The number of carboxylic acid groups (broad SMARTS) is 1. The molecule has 0 bridgehead atoms. The van der Waals surface area contributed by atoms with Gasteiger partial charge in [-0.1, -0.05) is 6.07 Å². The van der Waals surface area contributed by atoms with Crippen molar-refractivity contribution in [1.29, 1.82) is 0 Å². The maximum absolute atomic E-state index is 12.6. The van der Waals surface area contributed by atoms with Crippen LogP contribution in [0.4, 0.5) is 0 Å². The molecule has 3 rings (SSSR count). The lowest BCUT2D eigenvalue weighted by Gasteiger charge is -2.18. The third-order valence-electron chi connectivity index (χ3n) is 5.50. The van der Waals surface area contributed by atoms with Gasteiger partial charge in [-0.05, 0) is 74.1 Å². The zero-order chi connectivity index (χ0) is 21.5. The Morgan fingerprint density at radius 1 is 1.00 bits per heavy atom. The summed E-state index contributed by atoms with van der Waals surface area (Å²) in [6.45, 7) is 0. The summed E-state index contributed by atoms with van der Waals surface area (Å²) in [7, 11) is 3.14. The normalized spacial score (nSPS) is 14.9. The Labute approximate surface area is 176 Å². The number of hydrogen-bond donors (Lipinski definition) is 1. The Morgan fingerprint density at radius 3 is 2.30 bits per heavy atom. The van der Waals surface area contributed by atoms with Crippen LogP contribution >= 0.6 is 0 Å². The molecule has 30 heavy (non-hydrogen) atoms. The number of ketones is 1. The van der Waals surface area contributed by atoms with Crippen LogP contribution in [0.25, 0.3) is 0 Å². The van der Waals surface area contributed by atoms with Crippen molar-refractivity contribution >= 4 is 11.8 Å². The van der Waals surface area contributed by atoms with E-state index in [4.69, 9.17) is 14.2 Å². The quantitative estimate of drug-likeness (QED) is 0.577. The highest BCUT2D eigenvalue weighted by atomic mass is 16.5. The van der Waals surface area contributed by atoms with Gasteiger partial charge in [-0.3, -0.25) is 9.59 Å². The first-order valence-electron chi connectivity index (χ1n) is 10.2. The van der Waals surface area contributed by atoms with E-state index in [0.29, 0.717) is 22.8 Å². The third-order valence-corrected chi connectivity index (χ3v) is 5.50. The number of aliphatic carboxylic acids is 1. The van der Waals surface area contributed by atoms with Crippen molar-refractivity contribution in [2.45, 2.75) is 44.6 Å². The predicted octanol–water partition coefficient (Wildman–Crippen LogP) is 4.54. The second-order valence-electron chi connectivity index (χ2n) is 7.60. The first kappa shape index (κ1) is 21.7. The van der Waals surface area contributed by atoms with E-state index in [0.717, 1.165) is 31.2 Å². The SMILES string of the molecule is COc1ccc(C(=O)CC(Cc2ccc(OC)c(OC3CCCC3)c2)C(=O)O)cc1. The first-order chi connectivity index (χ1) is 14.5. The van der Waals surface area contributed by atoms with E-state index < -0.39 is 11.9 Å². The fourth-order valence-corrected chi connectivity index (χ4v) is 3.78. The van der Waals surface area contributed by atoms with E-state index in [-0.39, 0.29) is 24.7 Å². The number of carbonyl (C=O) groups excluding carboxylic acids is 1. The van der Waals surface area contributed by atoms with Gasteiger partial charge < -0.3 is 19.3 Å². The minimum atomic E-state index is -0.994. The van der Waals surface area contributed by atoms with Crippen molar-refractivity contribution in [2.24, 2.45) is 5.92 Å². The Bertz CT molecular complexity index is 868. The monoisotopic (exact) mass is 412 g/mol. The van der Waals surface area contributed by atoms with Gasteiger partial charge in [-0.15, -0.1) is 0 Å². The van der Waals surface area contributed by atoms with Gasteiger partial charge in [0.25, 0.3) is 0 Å². The Kier molecular flexibility index (Phi) is 7.33. The number of benzene rings is 2. The van der Waals surface area contributed by atoms with Crippen molar-refractivity contribution in [1.82, 2.24) is 0 Å². The number of rotatable bonds is 10. The van der Waals surface area contributed by atoms with Gasteiger partial charge in [0.05, 0.1) is 26.2 Å². The minimum Gasteiger partial charge on any atom is -0.497 e. The molecule has 1 atom stereocenters. The van der Waals surface area contributed by atoms with Crippen LogP contribution in [-0.2, 0) is 11.2 Å². The summed E-state index contributed by atoms with van der Waals surface area (Å²) < 4.78 is 16.6. The van der Waals surface area contributed by atoms with Crippen molar-refractivity contribution in [3.8, 4) is 17.2 Å². The van der Waals surface area contributed by atoms with Gasteiger partial charge in [-0.25, -0.2) is 0 Å². The fraction of sp³-hybridized carbons (Fsp3) is 0.417. The molecular weight excluding hydrogens is 384 g/mol. The van der Waals surface area contributed by atoms with Crippen molar-refractivity contribution in [3.05, 3.63) is 53.6 Å². The van der Waals surface area contributed by atoms with E-state index in [1.165, 1.54) is 0 Å². The van der Waals surface area contributed by atoms with Crippen LogP contribution in [0.15, 0.2) is 42.5 Å². The van der Waals surface area contributed by atoms with Crippen molar-refractivity contribution in [3.63, 3.8) is 0 Å². The number of carboxylic acids is 1. The molecule has 1 aliphatic carbocycles. The number of Topliss-reactive ketones (excluding diaryl/α,β-unsaturated/α-hetero) is 1. The van der Waals surface area contributed by atoms with E-state index in [2.05, 4.69) is 0 Å². The van der Waals surface area contributed by atoms with E-state index in [9.17, 15) is 14.7 Å². The van der Waals surface area contributed by atoms with Gasteiger partial charge in [0.15, 0.2) is 17.3 Å². The van der Waals surface area contributed by atoms with E-state index in [1.807, 2.05) is 12.1 Å². The molecule has 2 aromatic rings. The van der Waals surface area contributed by atoms with Gasteiger partial charge in [0, 0.05) is 12.0 Å². The molecule has 0 radical (unpaired) electrons.